The molecule has 1 aromatic heterocycles. The maximum atomic E-state index is 12.7. The van der Waals surface area contributed by atoms with Crippen LogP contribution >= 0.6 is 11.6 Å². The van der Waals surface area contributed by atoms with Crippen LogP contribution < -0.4 is 5.43 Å². The van der Waals surface area contributed by atoms with Gasteiger partial charge in [-0.2, -0.15) is 18.3 Å². The van der Waals surface area contributed by atoms with Gasteiger partial charge in [0.1, 0.15) is 0 Å². The van der Waals surface area contributed by atoms with Gasteiger partial charge in [-0.15, -0.1) is 0 Å². The minimum Gasteiger partial charge on any atom is -0.260 e. The van der Waals surface area contributed by atoms with E-state index in [0.29, 0.717) is 0 Å². The van der Waals surface area contributed by atoms with Crippen LogP contribution in [0.15, 0.2) is 53.3 Å². The smallest absolute Gasteiger partial charge is 0.260 e. The Kier molecular flexibility index (Phi) is 5.61. The molecule has 0 spiro atoms. The average molecular weight is 380 g/mol. The molecular formula is C19H17ClF3N3. The Morgan fingerprint density at radius 1 is 1.12 bits per heavy atom. The third-order valence-corrected chi connectivity index (χ3v) is 4.37. The predicted molar refractivity (Wildman–Crippen MR) is 98.2 cm³/mol. The summed E-state index contributed by atoms with van der Waals surface area (Å²) in [5.74, 6) is 0.108. The van der Waals surface area contributed by atoms with E-state index in [-0.39, 0.29) is 10.8 Å². The maximum Gasteiger partial charge on any atom is 0.417 e. The molecule has 26 heavy (non-hydrogen) atoms. The molecule has 2 aromatic rings. The second-order valence-corrected chi connectivity index (χ2v) is 6.42. The Labute approximate surface area is 154 Å². The summed E-state index contributed by atoms with van der Waals surface area (Å²) < 4.78 is 38.0. The SMILES string of the molecule is FC(F)(F)c1cnc(N/N=C2/CCCC/C2=C/c2ccccc2)c(Cl)c1. The van der Waals surface area contributed by atoms with Crippen molar-refractivity contribution < 1.29 is 13.2 Å². The molecule has 136 valence electrons. The Morgan fingerprint density at radius 3 is 2.54 bits per heavy atom. The number of alkyl halides is 3. The predicted octanol–water partition coefficient (Wildman–Crippen LogP) is 6.18. The van der Waals surface area contributed by atoms with Gasteiger partial charge in [-0.25, -0.2) is 4.98 Å². The zero-order valence-corrected chi connectivity index (χ0v) is 14.6. The van der Waals surface area contributed by atoms with Crippen molar-refractivity contribution in [2.75, 3.05) is 5.43 Å². The number of aromatic nitrogens is 1. The fraction of sp³-hybridized carbons (Fsp3) is 0.263. The summed E-state index contributed by atoms with van der Waals surface area (Å²) in [6, 6.07) is 10.8. The molecule has 0 amide bonds. The zero-order chi connectivity index (χ0) is 18.6. The summed E-state index contributed by atoms with van der Waals surface area (Å²) in [5, 5.41) is 4.24. The highest BCUT2D eigenvalue weighted by Gasteiger charge is 2.31. The highest BCUT2D eigenvalue weighted by molar-refractivity contribution is 6.33. The number of rotatable bonds is 3. The van der Waals surface area contributed by atoms with Gasteiger partial charge in [-0.3, -0.25) is 5.43 Å². The molecule has 7 heteroatoms. The maximum absolute atomic E-state index is 12.7. The van der Waals surface area contributed by atoms with Crippen LogP contribution in [0.25, 0.3) is 6.08 Å². The van der Waals surface area contributed by atoms with Crippen LogP contribution in [-0.4, -0.2) is 10.7 Å². The van der Waals surface area contributed by atoms with E-state index in [0.717, 1.165) is 54.8 Å². The molecule has 1 heterocycles. The molecule has 0 radical (unpaired) electrons. The van der Waals surface area contributed by atoms with E-state index in [1.165, 1.54) is 0 Å². The van der Waals surface area contributed by atoms with E-state index in [4.69, 9.17) is 11.6 Å². The van der Waals surface area contributed by atoms with Crippen LogP contribution in [0, 0.1) is 0 Å². The lowest BCUT2D eigenvalue weighted by molar-refractivity contribution is -0.137. The molecular weight excluding hydrogens is 363 g/mol. The third kappa shape index (κ3) is 4.64. The number of allylic oxidation sites excluding steroid dienone is 1. The Morgan fingerprint density at radius 2 is 1.85 bits per heavy atom. The topological polar surface area (TPSA) is 37.3 Å². The second-order valence-electron chi connectivity index (χ2n) is 6.01. The van der Waals surface area contributed by atoms with E-state index in [1.54, 1.807) is 0 Å². The molecule has 3 nitrogen and oxygen atoms in total. The summed E-state index contributed by atoms with van der Waals surface area (Å²) in [6.45, 7) is 0. The van der Waals surface area contributed by atoms with Crippen molar-refractivity contribution in [1.29, 1.82) is 0 Å². The number of benzene rings is 1. The van der Waals surface area contributed by atoms with Gasteiger partial charge in [0, 0.05) is 6.20 Å². The van der Waals surface area contributed by atoms with Gasteiger partial charge in [0.25, 0.3) is 0 Å². The van der Waals surface area contributed by atoms with E-state index < -0.39 is 11.7 Å². The normalized spacial score (nSPS) is 18.3. The molecule has 1 aliphatic carbocycles. The molecule has 0 saturated heterocycles. The van der Waals surface area contributed by atoms with Crippen LogP contribution in [-0.2, 0) is 6.18 Å². The Bertz CT molecular complexity index is 830. The lowest BCUT2D eigenvalue weighted by atomic mass is 9.91. The minimum atomic E-state index is -4.48. The summed E-state index contributed by atoms with van der Waals surface area (Å²) in [7, 11) is 0. The van der Waals surface area contributed by atoms with Crippen LogP contribution in [0.2, 0.25) is 5.02 Å². The molecule has 0 unspecified atom stereocenters. The molecule has 1 saturated carbocycles. The van der Waals surface area contributed by atoms with Crippen molar-refractivity contribution >= 4 is 29.2 Å². The number of anilines is 1. The van der Waals surface area contributed by atoms with Crippen LogP contribution in [0.5, 0.6) is 0 Å². The van der Waals surface area contributed by atoms with E-state index in [2.05, 4.69) is 21.6 Å². The highest BCUT2D eigenvalue weighted by Crippen LogP contribution is 2.32. The highest BCUT2D eigenvalue weighted by atomic mass is 35.5. The summed E-state index contributed by atoms with van der Waals surface area (Å²) in [4.78, 5) is 3.75. The molecule has 0 atom stereocenters. The van der Waals surface area contributed by atoms with Crippen molar-refractivity contribution in [3.8, 4) is 0 Å². The number of hydrogen-bond acceptors (Lipinski definition) is 3. The Hall–Kier alpha value is -2.34. The molecule has 1 aliphatic rings. The monoisotopic (exact) mass is 379 g/mol. The van der Waals surface area contributed by atoms with Crippen molar-refractivity contribution in [3.63, 3.8) is 0 Å². The third-order valence-electron chi connectivity index (χ3n) is 4.09. The molecule has 0 aliphatic heterocycles. The van der Waals surface area contributed by atoms with Gasteiger partial charge in [-0.05, 0) is 49.0 Å². The summed E-state index contributed by atoms with van der Waals surface area (Å²) in [5.41, 5.74) is 4.90. The number of hydrogen-bond donors (Lipinski definition) is 1. The molecule has 1 aromatic carbocycles. The molecule has 3 rings (SSSR count). The molecule has 1 fully saturated rings. The first-order valence-corrected chi connectivity index (χ1v) is 8.62. The standard InChI is InChI=1S/C19H17ClF3N3/c20-16-11-15(19(21,22)23)12-24-18(16)26-25-17-9-5-4-8-14(17)10-13-6-2-1-3-7-13/h1-3,6-7,10-12H,4-5,8-9H2,(H,24,26)/b14-10-,25-17-. The average Bonchev–Trinajstić information content (AvgIpc) is 2.62. The number of nitrogens with one attached hydrogen (secondary N) is 1. The first kappa shape index (κ1) is 18.5. The number of pyridine rings is 1. The van der Waals surface area contributed by atoms with E-state index >= 15 is 0 Å². The number of hydrazone groups is 1. The lowest BCUT2D eigenvalue weighted by Crippen LogP contribution is -2.12. The fourth-order valence-electron chi connectivity index (χ4n) is 2.74. The first-order valence-electron chi connectivity index (χ1n) is 8.25. The van der Waals surface area contributed by atoms with Gasteiger partial charge in [0.2, 0.25) is 0 Å². The lowest BCUT2D eigenvalue weighted by Gasteiger charge is -2.17. The van der Waals surface area contributed by atoms with Crippen LogP contribution in [0.4, 0.5) is 19.0 Å². The van der Waals surface area contributed by atoms with E-state index in [1.807, 2.05) is 30.3 Å². The fourth-order valence-corrected chi connectivity index (χ4v) is 2.95. The van der Waals surface area contributed by atoms with Crippen LogP contribution in [0.1, 0.15) is 36.8 Å². The van der Waals surface area contributed by atoms with E-state index in [9.17, 15) is 13.2 Å². The van der Waals surface area contributed by atoms with Gasteiger partial charge >= 0.3 is 6.18 Å². The Balaban J connectivity index is 1.81. The summed E-state index contributed by atoms with van der Waals surface area (Å²) in [6.07, 6.45) is 2.15. The van der Waals surface area contributed by atoms with Gasteiger partial charge < -0.3 is 0 Å². The van der Waals surface area contributed by atoms with Crippen molar-refractivity contribution in [1.82, 2.24) is 4.98 Å². The van der Waals surface area contributed by atoms with Gasteiger partial charge in [0.05, 0.1) is 16.3 Å². The van der Waals surface area contributed by atoms with Crippen molar-refractivity contribution in [3.05, 3.63) is 64.3 Å². The van der Waals surface area contributed by atoms with Gasteiger partial charge in [0.15, 0.2) is 5.82 Å². The van der Waals surface area contributed by atoms with Crippen molar-refractivity contribution in [2.45, 2.75) is 31.9 Å². The molecule has 0 bridgehead atoms. The largest absolute Gasteiger partial charge is 0.417 e. The second kappa shape index (κ2) is 7.91. The first-order chi connectivity index (χ1) is 12.4. The molecule has 1 N–H and O–H groups in total. The number of halogens is 4. The minimum absolute atomic E-state index is 0.108. The quantitative estimate of drug-likeness (QED) is 0.646. The zero-order valence-electron chi connectivity index (χ0n) is 13.9. The van der Waals surface area contributed by atoms with Crippen LogP contribution in [0.3, 0.4) is 0 Å². The number of nitrogens with zero attached hydrogens (tertiary/aromatic N) is 2. The van der Waals surface area contributed by atoms with Crippen molar-refractivity contribution in [2.24, 2.45) is 5.10 Å². The van der Waals surface area contributed by atoms with Gasteiger partial charge in [-0.1, -0.05) is 41.9 Å². The summed E-state index contributed by atoms with van der Waals surface area (Å²) >= 11 is 5.91.